The van der Waals surface area contributed by atoms with Crippen LogP contribution in [0.4, 0.5) is 0 Å². The smallest absolute Gasteiger partial charge is 0.354 e. The largest absolute Gasteiger partial charge is 0.464 e. The monoisotopic (exact) mass is 418 g/mol. The third-order valence-electron chi connectivity index (χ3n) is 5.54. The number of Topliss-reactive ketones (excluding diaryl/α,β-unsaturated/α-hetero) is 1. The SMILES string of the molecule is COC(=O)c1c(C)c(C(=O)[C@@H](C)N(C2CC2)S(=O)(=O)c2ccccc2)c(C)n1C. The van der Waals surface area contributed by atoms with Crippen LogP contribution in [0.1, 0.15) is 51.9 Å². The van der Waals surface area contributed by atoms with E-state index in [4.69, 9.17) is 4.74 Å². The Morgan fingerprint density at radius 3 is 2.28 bits per heavy atom. The molecule has 8 heteroatoms. The predicted octanol–water partition coefficient (Wildman–Crippen LogP) is 2.85. The molecule has 1 atom stereocenters. The summed E-state index contributed by atoms with van der Waals surface area (Å²) in [5, 5.41) is 0. The van der Waals surface area contributed by atoms with Crippen molar-refractivity contribution in [3.8, 4) is 0 Å². The Morgan fingerprint density at radius 2 is 1.76 bits per heavy atom. The molecule has 156 valence electrons. The summed E-state index contributed by atoms with van der Waals surface area (Å²) in [5.74, 6) is -0.854. The summed E-state index contributed by atoms with van der Waals surface area (Å²) in [5.41, 5.74) is 1.77. The highest BCUT2D eigenvalue weighted by Gasteiger charge is 2.44. The van der Waals surface area contributed by atoms with Gasteiger partial charge in [-0.3, -0.25) is 4.79 Å². The van der Waals surface area contributed by atoms with Gasteiger partial charge in [0.25, 0.3) is 0 Å². The van der Waals surface area contributed by atoms with E-state index in [0.29, 0.717) is 22.5 Å². The number of aromatic nitrogens is 1. The number of benzene rings is 1. The molecular weight excluding hydrogens is 392 g/mol. The van der Waals surface area contributed by atoms with Gasteiger partial charge in [0.15, 0.2) is 5.78 Å². The van der Waals surface area contributed by atoms with Crippen molar-refractivity contribution in [2.45, 2.75) is 50.6 Å². The molecule has 0 amide bonds. The first kappa shape index (κ1) is 21.3. The van der Waals surface area contributed by atoms with Gasteiger partial charge in [-0.15, -0.1) is 0 Å². The maximum atomic E-state index is 13.4. The van der Waals surface area contributed by atoms with Crippen molar-refractivity contribution >= 4 is 21.8 Å². The van der Waals surface area contributed by atoms with E-state index in [1.807, 2.05) is 0 Å². The number of methoxy groups -OCH3 is 1. The maximum absolute atomic E-state index is 13.4. The topological polar surface area (TPSA) is 85.7 Å². The lowest BCUT2D eigenvalue weighted by Crippen LogP contribution is -2.45. The maximum Gasteiger partial charge on any atom is 0.354 e. The minimum absolute atomic E-state index is 0.170. The summed E-state index contributed by atoms with van der Waals surface area (Å²) in [6.07, 6.45) is 1.45. The Bertz CT molecular complexity index is 1050. The normalized spacial score (nSPS) is 15.4. The Kier molecular flexibility index (Phi) is 5.69. The van der Waals surface area contributed by atoms with Gasteiger partial charge in [-0.1, -0.05) is 18.2 Å². The second kappa shape index (κ2) is 7.76. The molecule has 7 nitrogen and oxygen atoms in total. The summed E-state index contributed by atoms with van der Waals surface area (Å²) >= 11 is 0. The molecule has 0 unspecified atom stereocenters. The molecule has 0 N–H and O–H groups in total. The number of ketones is 1. The highest BCUT2D eigenvalue weighted by atomic mass is 32.2. The van der Waals surface area contributed by atoms with Crippen LogP contribution in [0.15, 0.2) is 35.2 Å². The quantitative estimate of drug-likeness (QED) is 0.510. The van der Waals surface area contributed by atoms with Gasteiger partial charge in [0, 0.05) is 24.3 Å². The molecule has 0 saturated heterocycles. The van der Waals surface area contributed by atoms with E-state index in [2.05, 4.69) is 0 Å². The molecule has 1 aliphatic rings. The van der Waals surface area contributed by atoms with Gasteiger partial charge in [0.1, 0.15) is 5.69 Å². The number of nitrogens with zero attached hydrogens (tertiary/aromatic N) is 2. The van der Waals surface area contributed by atoms with Gasteiger partial charge < -0.3 is 9.30 Å². The zero-order valence-electron chi connectivity index (χ0n) is 17.3. The second-order valence-corrected chi connectivity index (χ2v) is 9.25. The molecule has 1 fully saturated rings. The number of hydrogen-bond donors (Lipinski definition) is 0. The Balaban J connectivity index is 2.04. The van der Waals surface area contributed by atoms with Crippen LogP contribution in [0, 0.1) is 13.8 Å². The van der Waals surface area contributed by atoms with E-state index in [1.54, 1.807) is 50.6 Å². The molecule has 3 rings (SSSR count). The first-order valence-corrected chi connectivity index (χ1v) is 10.9. The minimum Gasteiger partial charge on any atom is -0.464 e. The van der Waals surface area contributed by atoms with Crippen molar-refractivity contribution in [3.05, 3.63) is 52.8 Å². The molecule has 29 heavy (non-hydrogen) atoms. The highest BCUT2D eigenvalue weighted by Crippen LogP contribution is 2.35. The van der Waals surface area contributed by atoms with Gasteiger partial charge in [-0.25, -0.2) is 13.2 Å². The van der Waals surface area contributed by atoms with Crippen molar-refractivity contribution in [1.82, 2.24) is 8.87 Å². The fourth-order valence-electron chi connectivity index (χ4n) is 3.81. The third kappa shape index (κ3) is 3.62. The van der Waals surface area contributed by atoms with Crippen molar-refractivity contribution in [2.24, 2.45) is 7.05 Å². The number of carbonyl (C=O) groups is 2. The number of carbonyl (C=O) groups excluding carboxylic acids is 2. The lowest BCUT2D eigenvalue weighted by atomic mass is 10.0. The molecule has 0 spiro atoms. The molecule has 1 aliphatic carbocycles. The zero-order valence-corrected chi connectivity index (χ0v) is 18.1. The first-order valence-electron chi connectivity index (χ1n) is 9.49. The van der Waals surface area contributed by atoms with Gasteiger partial charge in [-0.05, 0) is 51.3 Å². The number of hydrogen-bond acceptors (Lipinski definition) is 5. The average Bonchev–Trinajstić information content (AvgIpc) is 3.49. The second-order valence-electron chi connectivity index (χ2n) is 7.40. The van der Waals surface area contributed by atoms with Crippen LogP contribution in [0.25, 0.3) is 0 Å². The zero-order chi connectivity index (χ0) is 21.5. The molecule has 0 aliphatic heterocycles. The lowest BCUT2D eigenvalue weighted by molar-refractivity contribution is 0.0588. The van der Waals surface area contributed by atoms with Gasteiger partial charge >= 0.3 is 5.97 Å². The van der Waals surface area contributed by atoms with Crippen LogP contribution < -0.4 is 0 Å². The van der Waals surface area contributed by atoms with E-state index in [0.717, 1.165) is 12.8 Å². The standard InChI is InChI=1S/C21H26N2O5S/c1-13-18(14(2)22(4)19(13)21(25)28-5)20(24)15(3)23(16-11-12-16)29(26,27)17-9-7-6-8-10-17/h6-10,15-16H,11-12H2,1-5H3/t15-/m1/s1. The van der Waals surface area contributed by atoms with E-state index in [1.165, 1.54) is 23.5 Å². The average molecular weight is 419 g/mol. The summed E-state index contributed by atoms with van der Waals surface area (Å²) in [6, 6.07) is 7.07. The molecule has 1 heterocycles. The first-order chi connectivity index (χ1) is 13.6. The van der Waals surface area contributed by atoms with Crippen molar-refractivity contribution in [2.75, 3.05) is 7.11 Å². The molecule has 0 bridgehead atoms. The number of esters is 1. The predicted molar refractivity (Wildman–Crippen MR) is 109 cm³/mol. The van der Waals surface area contributed by atoms with Crippen LogP contribution in [0.5, 0.6) is 0 Å². The van der Waals surface area contributed by atoms with Gasteiger partial charge in [-0.2, -0.15) is 4.31 Å². The molecule has 1 aromatic heterocycles. The van der Waals surface area contributed by atoms with Crippen molar-refractivity contribution < 1.29 is 22.7 Å². The number of rotatable bonds is 7. The molecule has 1 aromatic carbocycles. The van der Waals surface area contributed by atoms with Crippen LogP contribution in [-0.4, -0.2) is 48.2 Å². The molecular formula is C21H26N2O5S. The fraction of sp³-hybridized carbons (Fsp3) is 0.429. The van der Waals surface area contributed by atoms with Crippen LogP contribution in [0.3, 0.4) is 0 Å². The van der Waals surface area contributed by atoms with Crippen molar-refractivity contribution in [3.63, 3.8) is 0 Å². The van der Waals surface area contributed by atoms with Crippen LogP contribution in [-0.2, 0) is 21.8 Å². The Hall–Kier alpha value is -2.45. The van der Waals surface area contributed by atoms with Crippen LogP contribution >= 0.6 is 0 Å². The third-order valence-corrected chi connectivity index (χ3v) is 7.58. The molecule has 2 aromatic rings. The van der Waals surface area contributed by atoms with E-state index in [9.17, 15) is 18.0 Å². The Morgan fingerprint density at radius 1 is 1.17 bits per heavy atom. The number of ether oxygens (including phenoxy) is 1. The summed E-state index contributed by atoms with van der Waals surface area (Å²) in [4.78, 5) is 25.8. The van der Waals surface area contributed by atoms with Crippen molar-refractivity contribution in [1.29, 1.82) is 0 Å². The fourth-order valence-corrected chi connectivity index (χ4v) is 5.67. The summed E-state index contributed by atoms with van der Waals surface area (Å²) < 4.78 is 34.3. The van der Waals surface area contributed by atoms with Gasteiger partial charge in [0.05, 0.1) is 18.0 Å². The summed E-state index contributed by atoms with van der Waals surface area (Å²) in [6.45, 7) is 5.05. The Labute approximate surface area is 171 Å². The molecule has 0 radical (unpaired) electrons. The lowest BCUT2D eigenvalue weighted by Gasteiger charge is -2.27. The molecule has 1 saturated carbocycles. The summed E-state index contributed by atoms with van der Waals surface area (Å²) in [7, 11) is -0.849. The number of sulfonamides is 1. The highest BCUT2D eigenvalue weighted by molar-refractivity contribution is 7.89. The van der Waals surface area contributed by atoms with E-state index < -0.39 is 22.0 Å². The minimum atomic E-state index is -3.83. The van der Waals surface area contributed by atoms with E-state index >= 15 is 0 Å². The van der Waals surface area contributed by atoms with Crippen LogP contribution in [0.2, 0.25) is 0 Å². The van der Waals surface area contributed by atoms with Gasteiger partial charge in [0.2, 0.25) is 10.0 Å². The van der Waals surface area contributed by atoms with E-state index in [-0.39, 0.29) is 16.7 Å².